The van der Waals surface area contributed by atoms with Crippen LogP contribution in [0.3, 0.4) is 0 Å². The fourth-order valence-corrected chi connectivity index (χ4v) is 6.17. The number of likely N-dealkylation sites (tertiary alicyclic amines) is 1. The summed E-state index contributed by atoms with van der Waals surface area (Å²) < 4.78 is 33.7. The van der Waals surface area contributed by atoms with Crippen LogP contribution in [0.2, 0.25) is 0 Å². The summed E-state index contributed by atoms with van der Waals surface area (Å²) in [7, 11) is -5.08. The average molecular weight is 521 g/mol. The molecule has 2 saturated heterocycles. The lowest BCUT2D eigenvalue weighted by Gasteiger charge is -2.45. The van der Waals surface area contributed by atoms with Crippen LogP contribution in [0.5, 0.6) is 0 Å². The minimum Gasteiger partial charge on any atom is -0.388 e. The van der Waals surface area contributed by atoms with Gasteiger partial charge in [-0.3, -0.25) is 18.4 Å². The Balaban J connectivity index is 2.21. The van der Waals surface area contributed by atoms with Crippen LogP contribution in [0.25, 0.3) is 0 Å². The number of aliphatic hydroxyl groups is 2. The molecule has 2 fully saturated rings. The van der Waals surface area contributed by atoms with E-state index < -0.39 is 65.9 Å². The summed E-state index contributed by atoms with van der Waals surface area (Å²) in [5.74, 6) is 0.0834. The van der Waals surface area contributed by atoms with Gasteiger partial charge in [-0.1, -0.05) is 13.3 Å². The molecule has 0 radical (unpaired) electrons. The Hall–Kier alpha value is -0.140. The molecular formula is C18H34ClN2O9PS. The number of hydrogen-bond donors (Lipinski definition) is 5. The number of nitrogens with one attached hydrogen (secondary N) is 1. The number of nitrogens with zero attached hydrogens (tertiary/aromatic N) is 1. The van der Waals surface area contributed by atoms with E-state index >= 15 is 0 Å². The van der Waals surface area contributed by atoms with Gasteiger partial charge in [0.1, 0.15) is 24.4 Å². The molecule has 0 aromatic carbocycles. The van der Waals surface area contributed by atoms with E-state index in [-0.39, 0.29) is 5.91 Å². The number of aliphatic hydroxyl groups excluding tert-OH is 2. The Morgan fingerprint density at radius 3 is 2.50 bits per heavy atom. The molecule has 2 aliphatic rings. The molecule has 0 bridgehead atoms. The van der Waals surface area contributed by atoms with Gasteiger partial charge in [0.2, 0.25) is 5.91 Å². The SMILES string of the molecule is CCCC1CC(C(=O)NC(C(C)Cl)[C@H]2O[C@H](S(C)=O)[C@H](OP(=O)(O)O)[C@@H](O)[C@H]2O)N(C)C1. The van der Waals surface area contributed by atoms with Crippen molar-refractivity contribution in [3.8, 4) is 0 Å². The van der Waals surface area contributed by atoms with Crippen molar-refractivity contribution in [1.82, 2.24) is 10.2 Å². The summed E-state index contributed by atoms with van der Waals surface area (Å²) in [6, 6.07) is -1.37. The van der Waals surface area contributed by atoms with Crippen LogP contribution < -0.4 is 5.32 Å². The van der Waals surface area contributed by atoms with Crippen molar-refractivity contribution < 1.29 is 42.8 Å². The molecule has 2 heterocycles. The van der Waals surface area contributed by atoms with Crippen molar-refractivity contribution in [3.05, 3.63) is 0 Å². The first kappa shape index (κ1) is 28.1. The Morgan fingerprint density at radius 2 is 2.00 bits per heavy atom. The highest BCUT2D eigenvalue weighted by Gasteiger charge is 2.52. The van der Waals surface area contributed by atoms with E-state index in [4.69, 9.17) is 26.1 Å². The third kappa shape index (κ3) is 6.94. The topological polar surface area (TPSA) is 166 Å². The fourth-order valence-electron chi connectivity index (χ4n) is 4.45. The van der Waals surface area contributed by atoms with Crippen molar-refractivity contribution in [2.75, 3.05) is 19.8 Å². The zero-order valence-corrected chi connectivity index (χ0v) is 21.0. The highest BCUT2D eigenvalue weighted by molar-refractivity contribution is 7.84. The molecule has 14 heteroatoms. The first-order valence-electron chi connectivity index (χ1n) is 10.5. The molecule has 1 amide bonds. The van der Waals surface area contributed by atoms with Crippen LogP contribution in [-0.2, 0) is 29.4 Å². The zero-order valence-electron chi connectivity index (χ0n) is 18.5. The molecule has 5 unspecified atom stereocenters. The number of rotatable bonds is 9. The van der Waals surface area contributed by atoms with Gasteiger partial charge >= 0.3 is 7.82 Å². The van der Waals surface area contributed by atoms with E-state index in [1.807, 2.05) is 11.9 Å². The van der Waals surface area contributed by atoms with Crippen LogP contribution >= 0.6 is 19.4 Å². The monoisotopic (exact) mass is 520 g/mol. The molecule has 188 valence electrons. The standard InChI is InChI=1S/C18H34ClN2O9PS/c1-5-6-10-7-11(21(3)8-10)17(24)20-12(9(2)19)15-13(22)14(23)16(30-31(25,26)27)18(29-15)32(4)28/h9-16,18,22-23H,5-8H2,1-4H3,(H,20,24)(H2,25,26,27)/t9?,10?,11?,12?,13-,14+,15-,16-,18-,32?/m1/s1. The summed E-state index contributed by atoms with van der Waals surface area (Å²) in [6.07, 6.45) is -2.68. The van der Waals surface area contributed by atoms with Gasteiger partial charge in [0, 0.05) is 12.8 Å². The number of hydrogen-bond acceptors (Lipinski definition) is 8. The second kappa shape index (κ2) is 11.5. The maximum Gasteiger partial charge on any atom is 0.470 e. The molecule has 10 atom stereocenters. The largest absolute Gasteiger partial charge is 0.470 e. The van der Waals surface area contributed by atoms with Gasteiger partial charge in [-0.05, 0) is 32.7 Å². The molecule has 0 saturated carbocycles. The Morgan fingerprint density at radius 1 is 1.38 bits per heavy atom. The first-order valence-corrected chi connectivity index (χ1v) is 14.1. The number of phosphoric acid groups is 1. The minimum atomic E-state index is -5.08. The number of likely N-dealkylation sites (N-methyl/N-ethyl adjacent to an activating group) is 1. The van der Waals surface area contributed by atoms with E-state index in [9.17, 15) is 23.8 Å². The van der Waals surface area contributed by atoms with E-state index in [1.54, 1.807) is 6.92 Å². The molecule has 0 spiro atoms. The number of phosphoric ester groups is 1. The number of alkyl halides is 1. The first-order chi connectivity index (χ1) is 14.8. The summed E-state index contributed by atoms with van der Waals surface area (Å²) in [6.45, 7) is 4.44. The van der Waals surface area contributed by atoms with Gasteiger partial charge in [-0.2, -0.15) is 0 Å². The molecule has 32 heavy (non-hydrogen) atoms. The minimum absolute atomic E-state index is 0.309. The maximum atomic E-state index is 13.0. The van der Waals surface area contributed by atoms with E-state index in [1.165, 1.54) is 6.26 Å². The third-order valence-electron chi connectivity index (χ3n) is 5.96. The van der Waals surface area contributed by atoms with Crippen LogP contribution in [0, 0.1) is 5.92 Å². The Kier molecular flexibility index (Phi) is 10.1. The van der Waals surface area contributed by atoms with Gasteiger partial charge in [-0.15, -0.1) is 11.6 Å². The van der Waals surface area contributed by atoms with Crippen molar-refractivity contribution in [2.45, 2.75) is 80.4 Å². The molecular weight excluding hydrogens is 487 g/mol. The number of ether oxygens (including phenoxy) is 1. The van der Waals surface area contributed by atoms with Gasteiger partial charge in [0.05, 0.1) is 28.3 Å². The average Bonchev–Trinajstić information content (AvgIpc) is 3.03. The zero-order chi connectivity index (χ0) is 24.4. The van der Waals surface area contributed by atoms with Crippen molar-refractivity contribution in [1.29, 1.82) is 0 Å². The summed E-state index contributed by atoms with van der Waals surface area (Å²) in [5.41, 5.74) is -1.47. The van der Waals surface area contributed by atoms with E-state index in [2.05, 4.69) is 16.8 Å². The number of halogens is 1. The number of amides is 1. The van der Waals surface area contributed by atoms with Crippen molar-refractivity contribution in [3.63, 3.8) is 0 Å². The van der Waals surface area contributed by atoms with E-state index in [0.717, 1.165) is 19.4 Å². The smallest absolute Gasteiger partial charge is 0.388 e. The predicted molar refractivity (Wildman–Crippen MR) is 118 cm³/mol. The van der Waals surface area contributed by atoms with Gasteiger partial charge in [-0.25, -0.2) is 4.57 Å². The van der Waals surface area contributed by atoms with Crippen LogP contribution in [0.1, 0.15) is 33.1 Å². The van der Waals surface area contributed by atoms with Crippen LogP contribution in [-0.4, -0.2) is 102 Å². The molecule has 0 aliphatic carbocycles. The van der Waals surface area contributed by atoms with Crippen molar-refractivity contribution in [2.24, 2.45) is 5.92 Å². The molecule has 0 aromatic heterocycles. The predicted octanol–water partition coefficient (Wildman–Crippen LogP) is -0.478. The van der Waals surface area contributed by atoms with Gasteiger partial charge in [0.25, 0.3) is 0 Å². The lowest BCUT2D eigenvalue weighted by Crippen LogP contribution is -2.66. The maximum absolute atomic E-state index is 13.0. The second-order valence-corrected chi connectivity index (χ2v) is 11.9. The quantitative estimate of drug-likeness (QED) is 0.198. The summed E-state index contributed by atoms with van der Waals surface area (Å²) in [4.78, 5) is 33.2. The highest BCUT2D eigenvalue weighted by atomic mass is 35.5. The lowest BCUT2D eigenvalue weighted by atomic mass is 9.92. The molecule has 11 nitrogen and oxygen atoms in total. The van der Waals surface area contributed by atoms with Crippen LogP contribution in [0.15, 0.2) is 0 Å². The number of carbonyl (C=O) groups is 1. The highest BCUT2D eigenvalue weighted by Crippen LogP contribution is 2.42. The molecule has 5 N–H and O–H groups in total. The Labute approximate surface area is 195 Å². The van der Waals surface area contributed by atoms with Gasteiger partial charge in [0.15, 0.2) is 5.44 Å². The van der Waals surface area contributed by atoms with Gasteiger partial charge < -0.3 is 30.1 Å². The third-order valence-corrected chi connectivity index (χ3v) is 7.78. The summed E-state index contributed by atoms with van der Waals surface area (Å²) in [5, 5.41) is 23.2. The van der Waals surface area contributed by atoms with Crippen molar-refractivity contribution >= 4 is 36.1 Å². The summed E-state index contributed by atoms with van der Waals surface area (Å²) >= 11 is 6.29. The normalized spacial score (nSPS) is 37.1. The molecule has 0 aromatic rings. The fraction of sp³-hybridized carbons (Fsp3) is 0.944. The Bertz CT molecular complexity index is 727. The molecule has 2 rings (SSSR count). The van der Waals surface area contributed by atoms with Crippen LogP contribution in [0.4, 0.5) is 0 Å². The lowest BCUT2D eigenvalue weighted by molar-refractivity contribution is -0.202. The molecule has 2 aliphatic heterocycles. The van der Waals surface area contributed by atoms with E-state index in [0.29, 0.717) is 12.3 Å². The number of carbonyl (C=O) groups excluding carboxylic acids is 1. The second-order valence-electron chi connectivity index (χ2n) is 8.57.